The Morgan fingerprint density at radius 1 is 1.12 bits per heavy atom. The second-order valence-corrected chi connectivity index (χ2v) is 9.82. The van der Waals surface area contributed by atoms with Crippen molar-refractivity contribution >= 4 is 5.91 Å². The minimum Gasteiger partial charge on any atom is -0.381 e. The Kier molecular flexibility index (Phi) is 5.08. The number of carbonyl (C=O) groups is 1. The van der Waals surface area contributed by atoms with Gasteiger partial charge in [-0.2, -0.15) is 0 Å². The van der Waals surface area contributed by atoms with Crippen molar-refractivity contribution in [3.8, 4) is 0 Å². The average Bonchev–Trinajstić information content (AvgIpc) is 3.12. The highest BCUT2D eigenvalue weighted by molar-refractivity contribution is 5.84. The highest BCUT2D eigenvalue weighted by Crippen LogP contribution is 2.62. The van der Waals surface area contributed by atoms with Crippen molar-refractivity contribution in [1.82, 2.24) is 14.7 Å². The Balaban J connectivity index is 1.43. The summed E-state index contributed by atoms with van der Waals surface area (Å²) in [5.74, 6) is 1.77. The first-order chi connectivity index (χ1) is 12.5. The molecule has 0 radical (unpaired) electrons. The first kappa shape index (κ1) is 18.7. The summed E-state index contributed by atoms with van der Waals surface area (Å²) in [7, 11) is 6.08. The highest BCUT2D eigenvalue weighted by Gasteiger charge is 2.64. The third-order valence-electron chi connectivity index (χ3n) is 8.06. The van der Waals surface area contributed by atoms with Crippen molar-refractivity contribution in [2.24, 2.45) is 22.7 Å². The summed E-state index contributed by atoms with van der Waals surface area (Å²) in [6, 6.07) is 0. The van der Waals surface area contributed by atoms with Gasteiger partial charge >= 0.3 is 0 Å². The van der Waals surface area contributed by atoms with Crippen LogP contribution in [0, 0.1) is 22.7 Å². The molecule has 3 saturated heterocycles. The van der Waals surface area contributed by atoms with E-state index in [-0.39, 0.29) is 5.41 Å². The fourth-order valence-corrected chi connectivity index (χ4v) is 6.66. The number of ether oxygens (including phenoxy) is 1. The molecule has 0 aromatic rings. The quantitative estimate of drug-likeness (QED) is 0.768. The third kappa shape index (κ3) is 3.10. The molecule has 5 nitrogen and oxygen atoms in total. The summed E-state index contributed by atoms with van der Waals surface area (Å²) in [6.07, 6.45) is 7.40. The molecule has 0 unspecified atom stereocenters. The molecule has 148 valence electrons. The van der Waals surface area contributed by atoms with E-state index in [9.17, 15) is 4.79 Å². The molecule has 0 aromatic carbocycles. The summed E-state index contributed by atoms with van der Waals surface area (Å²) in [4.78, 5) is 20.1. The highest BCUT2D eigenvalue weighted by atomic mass is 16.5. The van der Waals surface area contributed by atoms with Crippen LogP contribution in [-0.4, -0.2) is 87.7 Å². The fourth-order valence-electron chi connectivity index (χ4n) is 6.66. The SMILES string of the molecule is CN1C[C@H]2C3(CCN(CC4CCOCC4)CC3)CC[C@]2(C(=O)N(C)C)C1. The van der Waals surface area contributed by atoms with Crippen LogP contribution in [-0.2, 0) is 9.53 Å². The van der Waals surface area contributed by atoms with Gasteiger partial charge in [-0.15, -0.1) is 0 Å². The van der Waals surface area contributed by atoms with Crippen molar-refractivity contribution in [3.05, 3.63) is 0 Å². The first-order valence-corrected chi connectivity index (χ1v) is 10.7. The van der Waals surface area contributed by atoms with Crippen LogP contribution in [0.15, 0.2) is 0 Å². The molecule has 0 bridgehead atoms. The topological polar surface area (TPSA) is 36.0 Å². The molecule has 2 atom stereocenters. The van der Waals surface area contributed by atoms with Crippen molar-refractivity contribution in [2.45, 2.75) is 38.5 Å². The van der Waals surface area contributed by atoms with E-state index in [0.717, 1.165) is 38.6 Å². The van der Waals surface area contributed by atoms with Crippen LogP contribution in [0.5, 0.6) is 0 Å². The standard InChI is InChI=1S/C21H37N3O2/c1-22(2)19(25)21-7-6-20(18(21)15-23(3)16-21)8-10-24(11-9-20)14-17-4-12-26-13-5-17/h17-18H,4-16H2,1-3H3/t18-,21-/m0/s1. The number of nitrogens with zero attached hydrogens (tertiary/aromatic N) is 3. The predicted molar refractivity (Wildman–Crippen MR) is 103 cm³/mol. The molecule has 3 aliphatic heterocycles. The molecule has 4 aliphatic rings. The van der Waals surface area contributed by atoms with E-state index < -0.39 is 0 Å². The number of likely N-dealkylation sites (tertiary alicyclic amines) is 2. The normalized spacial score (nSPS) is 35.7. The molecule has 0 N–H and O–H groups in total. The number of hydrogen-bond donors (Lipinski definition) is 0. The summed E-state index contributed by atoms with van der Waals surface area (Å²) < 4.78 is 5.52. The van der Waals surface area contributed by atoms with E-state index in [4.69, 9.17) is 4.74 Å². The molecular formula is C21H37N3O2. The van der Waals surface area contributed by atoms with Gasteiger partial charge in [0.15, 0.2) is 0 Å². The Morgan fingerprint density at radius 3 is 2.46 bits per heavy atom. The van der Waals surface area contributed by atoms with Crippen LogP contribution in [0.25, 0.3) is 0 Å². The number of rotatable bonds is 3. The minimum atomic E-state index is -0.110. The minimum absolute atomic E-state index is 0.110. The Bertz CT molecular complexity index is 523. The molecule has 26 heavy (non-hydrogen) atoms. The molecule has 4 rings (SSSR count). The number of fused-ring (bicyclic) bond motifs is 2. The Morgan fingerprint density at radius 2 is 1.81 bits per heavy atom. The molecule has 0 aromatic heterocycles. The van der Waals surface area contributed by atoms with Gasteiger partial charge in [0.1, 0.15) is 0 Å². The van der Waals surface area contributed by atoms with E-state index in [2.05, 4.69) is 16.8 Å². The number of amides is 1. The van der Waals surface area contributed by atoms with Crippen LogP contribution in [0.4, 0.5) is 0 Å². The van der Waals surface area contributed by atoms with Crippen LogP contribution in [0.2, 0.25) is 0 Å². The summed E-state index contributed by atoms with van der Waals surface area (Å²) >= 11 is 0. The molecule has 1 aliphatic carbocycles. The monoisotopic (exact) mass is 363 g/mol. The largest absolute Gasteiger partial charge is 0.381 e. The van der Waals surface area contributed by atoms with Gasteiger partial charge in [0.2, 0.25) is 5.91 Å². The summed E-state index contributed by atoms with van der Waals surface area (Å²) in [5, 5.41) is 0. The van der Waals surface area contributed by atoms with E-state index in [0.29, 0.717) is 17.2 Å². The van der Waals surface area contributed by atoms with Crippen molar-refractivity contribution in [1.29, 1.82) is 0 Å². The van der Waals surface area contributed by atoms with Gasteiger partial charge in [-0.1, -0.05) is 0 Å². The number of piperidine rings is 1. The molecule has 1 saturated carbocycles. The Hall–Kier alpha value is -0.650. The van der Waals surface area contributed by atoms with Crippen molar-refractivity contribution in [3.63, 3.8) is 0 Å². The predicted octanol–water partition coefficient (Wildman–Crippen LogP) is 1.93. The van der Waals surface area contributed by atoms with Gasteiger partial charge in [0, 0.05) is 46.9 Å². The van der Waals surface area contributed by atoms with Gasteiger partial charge in [0.25, 0.3) is 0 Å². The zero-order chi connectivity index (χ0) is 18.4. The Labute approximate surface area is 159 Å². The summed E-state index contributed by atoms with van der Waals surface area (Å²) in [5.41, 5.74) is 0.295. The van der Waals surface area contributed by atoms with Crippen LogP contribution in [0.3, 0.4) is 0 Å². The van der Waals surface area contributed by atoms with Gasteiger partial charge < -0.3 is 19.4 Å². The maximum Gasteiger partial charge on any atom is 0.229 e. The van der Waals surface area contributed by atoms with Gasteiger partial charge in [0.05, 0.1) is 5.41 Å². The van der Waals surface area contributed by atoms with E-state index in [1.54, 1.807) is 0 Å². The maximum absolute atomic E-state index is 13.1. The van der Waals surface area contributed by atoms with Gasteiger partial charge in [-0.25, -0.2) is 0 Å². The zero-order valence-corrected chi connectivity index (χ0v) is 17.0. The lowest BCUT2D eigenvalue weighted by atomic mass is 9.65. The smallest absolute Gasteiger partial charge is 0.229 e. The van der Waals surface area contributed by atoms with Crippen molar-refractivity contribution in [2.75, 3.05) is 67.1 Å². The number of hydrogen-bond acceptors (Lipinski definition) is 4. The van der Waals surface area contributed by atoms with Crippen LogP contribution >= 0.6 is 0 Å². The molecule has 1 amide bonds. The molecule has 3 heterocycles. The van der Waals surface area contributed by atoms with E-state index in [1.165, 1.54) is 51.7 Å². The van der Waals surface area contributed by atoms with Crippen molar-refractivity contribution < 1.29 is 9.53 Å². The maximum atomic E-state index is 13.1. The molecular weight excluding hydrogens is 326 g/mol. The second kappa shape index (κ2) is 7.06. The second-order valence-electron chi connectivity index (χ2n) is 9.82. The van der Waals surface area contributed by atoms with Gasteiger partial charge in [-0.3, -0.25) is 4.79 Å². The molecule has 1 spiro atoms. The average molecular weight is 364 g/mol. The lowest BCUT2D eigenvalue weighted by Gasteiger charge is -2.45. The molecule has 4 fully saturated rings. The molecule has 5 heteroatoms. The van der Waals surface area contributed by atoms with Crippen LogP contribution < -0.4 is 0 Å². The first-order valence-electron chi connectivity index (χ1n) is 10.7. The van der Waals surface area contributed by atoms with Gasteiger partial charge in [-0.05, 0) is 75.9 Å². The lowest BCUT2D eigenvalue weighted by Crippen LogP contribution is -2.49. The van der Waals surface area contributed by atoms with E-state index >= 15 is 0 Å². The van der Waals surface area contributed by atoms with E-state index in [1.807, 2.05) is 19.0 Å². The number of carbonyl (C=O) groups excluding carboxylic acids is 1. The van der Waals surface area contributed by atoms with Crippen LogP contribution in [0.1, 0.15) is 38.5 Å². The zero-order valence-electron chi connectivity index (χ0n) is 17.0. The summed E-state index contributed by atoms with van der Waals surface area (Å²) in [6.45, 7) is 7.68. The third-order valence-corrected chi connectivity index (χ3v) is 8.06. The fraction of sp³-hybridized carbons (Fsp3) is 0.952. The lowest BCUT2D eigenvalue weighted by molar-refractivity contribution is -0.141.